The van der Waals surface area contributed by atoms with Crippen LogP contribution in [0, 0.1) is 0 Å². The van der Waals surface area contributed by atoms with Crippen molar-refractivity contribution in [2.24, 2.45) is 0 Å². The molecule has 0 aliphatic carbocycles. The van der Waals surface area contributed by atoms with E-state index in [0.29, 0.717) is 6.54 Å². The number of aromatic nitrogens is 1. The van der Waals surface area contributed by atoms with Gasteiger partial charge in [-0.1, -0.05) is 0 Å². The third-order valence-electron chi connectivity index (χ3n) is 2.17. The highest BCUT2D eigenvalue weighted by Crippen LogP contribution is 2.21. The average molecular weight is 255 g/mol. The van der Waals surface area contributed by atoms with Crippen molar-refractivity contribution in [1.29, 1.82) is 0 Å². The monoisotopic (exact) mass is 255 g/mol. The SMILES string of the molecule is CC(C)(C)NC(=O)CNC(C)(C)c1nccs1. The molecule has 4 nitrogen and oxygen atoms in total. The first-order chi connectivity index (χ1) is 7.71. The van der Waals surface area contributed by atoms with Crippen molar-refractivity contribution in [2.45, 2.75) is 45.7 Å². The molecule has 0 unspecified atom stereocenters. The minimum Gasteiger partial charge on any atom is -0.350 e. The fourth-order valence-corrected chi connectivity index (χ4v) is 2.11. The van der Waals surface area contributed by atoms with E-state index < -0.39 is 0 Å². The maximum Gasteiger partial charge on any atom is 0.234 e. The van der Waals surface area contributed by atoms with Gasteiger partial charge in [0.2, 0.25) is 5.91 Å². The van der Waals surface area contributed by atoms with Crippen molar-refractivity contribution in [2.75, 3.05) is 6.54 Å². The van der Waals surface area contributed by atoms with E-state index in [2.05, 4.69) is 15.6 Å². The molecule has 2 N–H and O–H groups in total. The lowest BCUT2D eigenvalue weighted by Gasteiger charge is -2.26. The number of rotatable bonds is 4. The molecule has 0 aliphatic heterocycles. The Morgan fingerprint density at radius 2 is 2.00 bits per heavy atom. The zero-order valence-corrected chi connectivity index (χ0v) is 11.9. The normalized spacial score (nSPS) is 12.5. The Labute approximate surface area is 107 Å². The molecule has 0 aliphatic rings. The van der Waals surface area contributed by atoms with Gasteiger partial charge < -0.3 is 5.32 Å². The van der Waals surface area contributed by atoms with E-state index >= 15 is 0 Å². The van der Waals surface area contributed by atoms with Crippen LogP contribution >= 0.6 is 11.3 Å². The molecule has 0 radical (unpaired) electrons. The van der Waals surface area contributed by atoms with Gasteiger partial charge in [-0.3, -0.25) is 10.1 Å². The van der Waals surface area contributed by atoms with Crippen LogP contribution in [0.5, 0.6) is 0 Å². The van der Waals surface area contributed by atoms with Crippen LogP contribution in [0.1, 0.15) is 39.6 Å². The third kappa shape index (κ3) is 4.83. The minimum absolute atomic E-state index is 0.00197. The Kier molecular flexibility index (Phi) is 4.27. The third-order valence-corrected chi connectivity index (χ3v) is 3.27. The van der Waals surface area contributed by atoms with Crippen molar-refractivity contribution in [3.05, 3.63) is 16.6 Å². The Balaban J connectivity index is 2.48. The molecule has 0 aromatic carbocycles. The first kappa shape index (κ1) is 14.1. The van der Waals surface area contributed by atoms with E-state index in [9.17, 15) is 4.79 Å². The standard InChI is InChI=1S/C12H21N3OS/c1-11(2,3)15-9(16)8-14-12(4,5)10-13-6-7-17-10/h6-7,14H,8H2,1-5H3,(H,15,16). The zero-order valence-electron chi connectivity index (χ0n) is 11.1. The highest BCUT2D eigenvalue weighted by Gasteiger charge is 2.24. The van der Waals surface area contributed by atoms with Crippen LogP contribution < -0.4 is 10.6 Å². The van der Waals surface area contributed by atoms with Crippen molar-refractivity contribution >= 4 is 17.2 Å². The molecule has 0 fully saturated rings. The minimum atomic E-state index is -0.274. The van der Waals surface area contributed by atoms with Crippen LogP contribution in [0.15, 0.2) is 11.6 Å². The molecular formula is C12H21N3OS. The molecule has 0 saturated heterocycles. The first-order valence-electron chi connectivity index (χ1n) is 5.67. The lowest BCUT2D eigenvalue weighted by atomic mass is 10.1. The molecule has 1 rings (SSSR count). The van der Waals surface area contributed by atoms with Crippen LogP contribution in [-0.4, -0.2) is 23.0 Å². The molecular weight excluding hydrogens is 234 g/mol. The second-order valence-electron chi connectivity index (χ2n) is 5.61. The highest BCUT2D eigenvalue weighted by molar-refractivity contribution is 7.09. The Bertz CT molecular complexity index is 366. The quantitative estimate of drug-likeness (QED) is 0.864. The van der Waals surface area contributed by atoms with Crippen molar-refractivity contribution in [3.63, 3.8) is 0 Å². The summed E-state index contributed by atoms with van der Waals surface area (Å²) >= 11 is 1.59. The number of amides is 1. The van der Waals surface area contributed by atoms with Crippen molar-refractivity contribution < 1.29 is 4.79 Å². The van der Waals surface area contributed by atoms with Gasteiger partial charge in [0.15, 0.2) is 0 Å². The molecule has 1 amide bonds. The molecule has 96 valence electrons. The molecule has 0 atom stereocenters. The van der Waals surface area contributed by atoms with Gasteiger partial charge in [-0.2, -0.15) is 0 Å². The number of hydrogen-bond donors (Lipinski definition) is 2. The first-order valence-corrected chi connectivity index (χ1v) is 6.55. The maximum atomic E-state index is 11.7. The summed E-state index contributed by atoms with van der Waals surface area (Å²) in [5, 5.41) is 9.06. The highest BCUT2D eigenvalue weighted by atomic mass is 32.1. The van der Waals surface area contributed by atoms with E-state index in [0.717, 1.165) is 5.01 Å². The summed E-state index contributed by atoms with van der Waals surface area (Å²) in [7, 11) is 0. The van der Waals surface area contributed by atoms with E-state index in [4.69, 9.17) is 0 Å². The van der Waals surface area contributed by atoms with Gasteiger partial charge in [-0.05, 0) is 34.6 Å². The summed E-state index contributed by atoms with van der Waals surface area (Å²) in [5.74, 6) is 0.00197. The largest absolute Gasteiger partial charge is 0.350 e. The fourth-order valence-electron chi connectivity index (χ4n) is 1.37. The molecule has 0 spiro atoms. The average Bonchev–Trinajstić information content (AvgIpc) is 2.65. The van der Waals surface area contributed by atoms with Gasteiger partial charge in [0.05, 0.1) is 12.1 Å². The molecule has 0 saturated carbocycles. The number of nitrogens with zero attached hydrogens (tertiary/aromatic N) is 1. The summed E-state index contributed by atoms with van der Waals surface area (Å²) in [6.07, 6.45) is 1.78. The van der Waals surface area contributed by atoms with Crippen LogP contribution in [0.3, 0.4) is 0 Å². The number of carbonyl (C=O) groups excluding carboxylic acids is 1. The number of thiazole rings is 1. The van der Waals surface area contributed by atoms with Gasteiger partial charge >= 0.3 is 0 Å². The molecule has 0 bridgehead atoms. The second-order valence-corrected chi connectivity index (χ2v) is 6.51. The Morgan fingerprint density at radius 3 is 2.47 bits per heavy atom. The summed E-state index contributed by atoms with van der Waals surface area (Å²) in [5.41, 5.74) is -0.465. The predicted molar refractivity (Wildman–Crippen MR) is 71.0 cm³/mol. The van der Waals surface area contributed by atoms with Crippen molar-refractivity contribution in [3.8, 4) is 0 Å². The summed E-state index contributed by atoms with van der Waals surface area (Å²) in [6.45, 7) is 10.3. The summed E-state index contributed by atoms with van der Waals surface area (Å²) in [4.78, 5) is 15.9. The van der Waals surface area contributed by atoms with Gasteiger partial charge in [0, 0.05) is 17.1 Å². The molecule has 1 aromatic rings. The maximum absolute atomic E-state index is 11.7. The number of hydrogen-bond acceptors (Lipinski definition) is 4. The zero-order chi connectivity index (χ0) is 13.1. The number of nitrogens with one attached hydrogen (secondary N) is 2. The van der Waals surface area contributed by atoms with Gasteiger partial charge in [0.1, 0.15) is 5.01 Å². The molecule has 17 heavy (non-hydrogen) atoms. The van der Waals surface area contributed by atoms with Crippen LogP contribution in [0.2, 0.25) is 0 Å². The van der Waals surface area contributed by atoms with E-state index in [-0.39, 0.29) is 17.0 Å². The predicted octanol–water partition coefficient (Wildman–Crippen LogP) is 1.88. The van der Waals surface area contributed by atoms with Crippen LogP contribution in [0.25, 0.3) is 0 Å². The molecule has 1 aromatic heterocycles. The second kappa shape index (κ2) is 5.14. The molecule has 1 heterocycles. The summed E-state index contributed by atoms with van der Waals surface area (Å²) in [6, 6.07) is 0. The lowest BCUT2D eigenvalue weighted by Crippen LogP contribution is -2.48. The topological polar surface area (TPSA) is 54.0 Å². The van der Waals surface area contributed by atoms with Gasteiger partial charge in [-0.15, -0.1) is 11.3 Å². The van der Waals surface area contributed by atoms with E-state index in [1.54, 1.807) is 17.5 Å². The Hall–Kier alpha value is -0.940. The lowest BCUT2D eigenvalue weighted by molar-refractivity contribution is -0.121. The van der Waals surface area contributed by atoms with Crippen LogP contribution in [0.4, 0.5) is 0 Å². The van der Waals surface area contributed by atoms with Gasteiger partial charge in [0.25, 0.3) is 0 Å². The van der Waals surface area contributed by atoms with Crippen molar-refractivity contribution in [1.82, 2.24) is 15.6 Å². The smallest absolute Gasteiger partial charge is 0.234 e. The fraction of sp³-hybridized carbons (Fsp3) is 0.667. The van der Waals surface area contributed by atoms with Crippen LogP contribution in [-0.2, 0) is 10.3 Å². The Morgan fingerprint density at radius 1 is 1.35 bits per heavy atom. The number of carbonyl (C=O) groups is 1. The molecule has 5 heteroatoms. The van der Waals surface area contributed by atoms with Gasteiger partial charge in [-0.25, -0.2) is 4.98 Å². The van der Waals surface area contributed by atoms with E-state index in [1.807, 2.05) is 40.0 Å². The summed E-state index contributed by atoms with van der Waals surface area (Å²) < 4.78 is 0. The van der Waals surface area contributed by atoms with E-state index in [1.165, 1.54) is 0 Å².